The molecular weight excluding hydrogens is 482 g/mol. The number of anilines is 3. The second-order valence-corrected chi connectivity index (χ2v) is 9.08. The third-order valence-electron chi connectivity index (χ3n) is 5.75. The van der Waals surface area contributed by atoms with E-state index in [1.165, 1.54) is 0 Å². The number of halogens is 1. The predicted octanol–water partition coefficient (Wildman–Crippen LogP) is 5.41. The number of fused-ring (bicyclic) bond motifs is 1. The van der Waals surface area contributed by atoms with Gasteiger partial charge in [-0.1, -0.05) is 42.5 Å². The Kier molecular flexibility index (Phi) is 6.99. The zero-order valence-electron chi connectivity index (χ0n) is 18.3. The number of hydrogen-bond acceptors (Lipinski definition) is 4. The average Bonchev–Trinajstić information content (AvgIpc) is 2.98. The van der Waals surface area contributed by atoms with Crippen molar-refractivity contribution in [2.45, 2.75) is 31.8 Å². The van der Waals surface area contributed by atoms with Crippen molar-refractivity contribution in [3.05, 3.63) is 88.4 Å². The van der Waals surface area contributed by atoms with Gasteiger partial charge in [-0.2, -0.15) is 0 Å². The van der Waals surface area contributed by atoms with Crippen LogP contribution in [-0.4, -0.2) is 35.6 Å². The largest absolute Gasteiger partial charge is 0.480 e. The quantitative estimate of drug-likeness (QED) is 0.415. The van der Waals surface area contributed by atoms with Crippen LogP contribution in [0.5, 0.6) is 0 Å². The maximum Gasteiger partial charge on any atom is 0.326 e. The molecule has 1 heterocycles. The zero-order chi connectivity index (χ0) is 23.4. The molecule has 0 saturated carbocycles. The highest BCUT2D eigenvalue weighted by Gasteiger charge is 2.25. The third-order valence-corrected chi connectivity index (χ3v) is 6.44. The standard InChI is InChI=1S/C26H26BrN3O3/c1-17-13-14-30(24-10-6-5-9-21(24)28-17)25(31)19-11-12-20(27)22(16-19)29-23(26(32)33)15-18-7-3-2-4-8-18/h2-12,16-17,23,28-29H,13-15H2,1H3,(H,32,33). The Labute approximate surface area is 201 Å². The fourth-order valence-electron chi connectivity index (χ4n) is 3.99. The molecule has 3 aromatic rings. The molecule has 0 spiro atoms. The number of nitrogens with one attached hydrogen (secondary N) is 2. The lowest BCUT2D eigenvalue weighted by Gasteiger charge is -2.23. The van der Waals surface area contributed by atoms with E-state index in [0.717, 1.165) is 23.4 Å². The van der Waals surface area contributed by atoms with Gasteiger partial charge in [0.2, 0.25) is 0 Å². The van der Waals surface area contributed by atoms with E-state index >= 15 is 0 Å². The third kappa shape index (κ3) is 5.37. The Morgan fingerprint density at radius 3 is 2.61 bits per heavy atom. The zero-order valence-corrected chi connectivity index (χ0v) is 19.9. The molecule has 3 aromatic carbocycles. The number of amides is 1. The van der Waals surface area contributed by atoms with Crippen molar-refractivity contribution in [3.8, 4) is 0 Å². The first-order chi connectivity index (χ1) is 15.9. The molecule has 0 fully saturated rings. The normalized spacial score (nSPS) is 16.2. The summed E-state index contributed by atoms with van der Waals surface area (Å²) < 4.78 is 0.699. The van der Waals surface area contributed by atoms with E-state index in [4.69, 9.17) is 0 Å². The van der Waals surface area contributed by atoms with Crippen LogP contribution in [0.3, 0.4) is 0 Å². The van der Waals surface area contributed by atoms with Crippen molar-refractivity contribution in [1.29, 1.82) is 0 Å². The number of hydrogen-bond donors (Lipinski definition) is 3. The van der Waals surface area contributed by atoms with Crippen LogP contribution in [0.25, 0.3) is 0 Å². The van der Waals surface area contributed by atoms with Crippen LogP contribution in [0, 0.1) is 0 Å². The number of rotatable bonds is 6. The molecule has 1 aliphatic heterocycles. The fraction of sp³-hybridized carbons (Fsp3) is 0.231. The summed E-state index contributed by atoms with van der Waals surface area (Å²) in [6.45, 7) is 2.69. The summed E-state index contributed by atoms with van der Waals surface area (Å²) in [7, 11) is 0. The molecule has 4 rings (SSSR count). The first-order valence-corrected chi connectivity index (χ1v) is 11.7. The van der Waals surface area contributed by atoms with Crippen LogP contribution >= 0.6 is 15.9 Å². The molecule has 0 aromatic heterocycles. The van der Waals surface area contributed by atoms with Gasteiger partial charge in [-0.3, -0.25) is 4.79 Å². The summed E-state index contributed by atoms with van der Waals surface area (Å²) >= 11 is 3.49. The fourth-order valence-corrected chi connectivity index (χ4v) is 4.35. The molecule has 0 bridgehead atoms. The van der Waals surface area contributed by atoms with Crippen LogP contribution in [0.15, 0.2) is 77.3 Å². The smallest absolute Gasteiger partial charge is 0.326 e. The van der Waals surface area contributed by atoms with Crippen LogP contribution in [0.4, 0.5) is 17.1 Å². The van der Waals surface area contributed by atoms with Crippen molar-refractivity contribution >= 4 is 44.9 Å². The van der Waals surface area contributed by atoms with Gasteiger partial charge >= 0.3 is 5.97 Å². The second-order valence-electron chi connectivity index (χ2n) is 8.23. The van der Waals surface area contributed by atoms with Crippen LogP contribution in [0.2, 0.25) is 0 Å². The minimum atomic E-state index is -0.955. The number of aliphatic carboxylic acids is 1. The predicted molar refractivity (Wildman–Crippen MR) is 135 cm³/mol. The summed E-state index contributed by atoms with van der Waals surface area (Å²) in [5.74, 6) is -1.08. The summed E-state index contributed by atoms with van der Waals surface area (Å²) in [4.78, 5) is 27.3. The number of benzene rings is 3. The Morgan fingerprint density at radius 1 is 1.12 bits per heavy atom. The van der Waals surface area contributed by atoms with E-state index in [1.54, 1.807) is 23.1 Å². The summed E-state index contributed by atoms with van der Waals surface area (Å²) in [5, 5.41) is 16.3. The van der Waals surface area contributed by atoms with Gasteiger partial charge in [-0.25, -0.2) is 4.79 Å². The number of carbonyl (C=O) groups excluding carboxylic acids is 1. The van der Waals surface area contributed by atoms with E-state index in [2.05, 4.69) is 33.5 Å². The number of carbonyl (C=O) groups is 2. The highest BCUT2D eigenvalue weighted by molar-refractivity contribution is 9.10. The molecule has 6 nitrogen and oxygen atoms in total. The van der Waals surface area contributed by atoms with Gasteiger partial charge in [0.15, 0.2) is 0 Å². The highest BCUT2D eigenvalue weighted by atomic mass is 79.9. The maximum atomic E-state index is 13.5. The summed E-state index contributed by atoms with van der Waals surface area (Å²) in [5.41, 5.74) is 3.76. The number of carboxylic acids is 1. The lowest BCUT2D eigenvalue weighted by Crippen LogP contribution is -2.33. The average molecular weight is 508 g/mol. The topological polar surface area (TPSA) is 81.7 Å². The van der Waals surface area contributed by atoms with Gasteiger partial charge in [-0.05, 0) is 65.2 Å². The molecule has 0 aliphatic carbocycles. The van der Waals surface area contributed by atoms with Crippen LogP contribution in [0.1, 0.15) is 29.3 Å². The number of para-hydroxylation sites is 2. The van der Waals surface area contributed by atoms with Gasteiger partial charge in [0.1, 0.15) is 6.04 Å². The minimum Gasteiger partial charge on any atom is -0.480 e. The number of carboxylic acid groups (broad SMARTS) is 1. The molecule has 1 aliphatic rings. The molecule has 2 atom stereocenters. The SMILES string of the molecule is CC1CCN(C(=O)c2ccc(Br)c(NC(Cc3ccccc3)C(=O)O)c2)c2ccccc2N1. The van der Waals surface area contributed by atoms with E-state index in [-0.39, 0.29) is 11.9 Å². The number of nitrogens with zero attached hydrogens (tertiary/aromatic N) is 1. The molecule has 2 unspecified atom stereocenters. The first kappa shape index (κ1) is 22.9. The Balaban J connectivity index is 1.60. The van der Waals surface area contributed by atoms with E-state index in [1.807, 2.05) is 54.6 Å². The van der Waals surface area contributed by atoms with Gasteiger partial charge in [0.25, 0.3) is 5.91 Å². The maximum absolute atomic E-state index is 13.5. The van der Waals surface area contributed by atoms with Crippen molar-refractivity contribution in [1.82, 2.24) is 0 Å². The molecular formula is C26H26BrN3O3. The van der Waals surface area contributed by atoms with E-state index in [9.17, 15) is 14.7 Å². The Bertz CT molecular complexity index is 1150. The minimum absolute atomic E-state index is 0.121. The lowest BCUT2D eigenvalue weighted by molar-refractivity contribution is -0.137. The summed E-state index contributed by atoms with van der Waals surface area (Å²) in [6.07, 6.45) is 1.14. The van der Waals surface area contributed by atoms with Crippen molar-refractivity contribution < 1.29 is 14.7 Å². The molecule has 33 heavy (non-hydrogen) atoms. The van der Waals surface area contributed by atoms with Gasteiger partial charge in [0, 0.05) is 34.7 Å². The molecule has 0 radical (unpaired) electrons. The van der Waals surface area contributed by atoms with Crippen LogP contribution < -0.4 is 15.5 Å². The lowest BCUT2D eigenvalue weighted by atomic mass is 10.1. The summed E-state index contributed by atoms with van der Waals surface area (Å²) in [6, 6.07) is 21.9. The highest BCUT2D eigenvalue weighted by Crippen LogP contribution is 2.32. The first-order valence-electron chi connectivity index (χ1n) is 10.9. The van der Waals surface area contributed by atoms with Gasteiger partial charge in [0.05, 0.1) is 11.4 Å². The molecule has 3 N–H and O–H groups in total. The van der Waals surface area contributed by atoms with Crippen LogP contribution in [-0.2, 0) is 11.2 Å². The van der Waals surface area contributed by atoms with Gasteiger partial charge < -0.3 is 20.6 Å². The van der Waals surface area contributed by atoms with Gasteiger partial charge in [-0.15, -0.1) is 0 Å². The molecule has 7 heteroatoms. The van der Waals surface area contributed by atoms with Crippen molar-refractivity contribution in [3.63, 3.8) is 0 Å². The monoisotopic (exact) mass is 507 g/mol. The Morgan fingerprint density at radius 2 is 1.85 bits per heavy atom. The van der Waals surface area contributed by atoms with Crippen molar-refractivity contribution in [2.24, 2.45) is 0 Å². The second kappa shape index (κ2) is 10.1. The molecule has 0 saturated heterocycles. The van der Waals surface area contributed by atoms with E-state index < -0.39 is 12.0 Å². The molecule has 170 valence electrons. The van der Waals surface area contributed by atoms with Crippen molar-refractivity contribution in [2.75, 3.05) is 22.1 Å². The molecule has 1 amide bonds. The Hall–Kier alpha value is -3.32. The van der Waals surface area contributed by atoms with E-state index in [0.29, 0.717) is 28.7 Å².